The quantitative estimate of drug-likeness (QED) is 0.453. The van der Waals surface area contributed by atoms with Crippen LogP contribution in [0.4, 0.5) is 0 Å². The molecule has 0 bridgehead atoms. The van der Waals surface area contributed by atoms with Crippen LogP contribution in [0.1, 0.15) is 27.8 Å². The number of hydrogen-bond acceptors (Lipinski definition) is 4. The zero-order chi connectivity index (χ0) is 24.5. The van der Waals surface area contributed by atoms with E-state index in [1.165, 1.54) is 16.7 Å². The Morgan fingerprint density at radius 3 is 2.37 bits per heavy atom. The number of methoxy groups -OCH3 is 2. The molecule has 3 aromatic rings. The number of amides is 1. The van der Waals surface area contributed by atoms with Gasteiger partial charge in [-0.05, 0) is 58.9 Å². The summed E-state index contributed by atoms with van der Waals surface area (Å²) in [5.74, 6) is 1.54. The van der Waals surface area contributed by atoms with Gasteiger partial charge < -0.3 is 14.4 Å². The Bertz CT molecular complexity index is 1260. The number of fused-ring (bicyclic) bond motifs is 2. The van der Waals surface area contributed by atoms with Crippen molar-refractivity contribution in [2.24, 2.45) is 0 Å². The van der Waals surface area contributed by atoms with Crippen LogP contribution >= 0.6 is 23.2 Å². The van der Waals surface area contributed by atoms with E-state index in [2.05, 4.69) is 23.1 Å². The molecule has 35 heavy (non-hydrogen) atoms. The first kappa shape index (κ1) is 24.0. The van der Waals surface area contributed by atoms with Crippen molar-refractivity contribution in [3.8, 4) is 11.5 Å². The van der Waals surface area contributed by atoms with Crippen molar-refractivity contribution in [1.29, 1.82) is 0 Å². The van der Waals surface area contributed by atoms with E-state index < -0.39 is 0 Å². The van der Waals surface area contributed by atoms with Gasteiger partial charge in [0.1, 0.15) is 0 Å². The van der Waals surface area contributed by atoms with Crippen molar-refractivity contribution in [2.45, 2.75) is 38.5 Å². The average molecular weight is 511 g/mol. The highest BCUT2D eigenvalue weighted by molar-refractivity contribution is 6.42. The molecule has 0 saturated carbocycles. The molecule has 7 heteroatoms. The fourth-order valence-corrected chi connectivity index (χ4v) is 5.54. The molecule has 0 aliphatic carbocycles. The van der Waals surface area contributed by atoms with Crippen LogP contribution in [0.25, 0.3) is 0 Å². The molecule has 3 aromatic carbocycles. The minimum absolute atomic E-state index is 0.137. The number of carbonyl (C=O) groups excluding carboxylic acids is 1. The minimum atomic E-state index is -0.276. The number of hydrogen-bond donors (Lipinski definition) is 0. The molecule has 5 nitrogen and oxygen atoms in total. The van der Waals surface area contributed by atoms with Crippen molar-refractivity contribution in [1.82, 2.24) is 9.80 Å². The van der Waals surface area contributed by atoms with Gasteiger partial charge >= 0.3 is 0 Å². The maximum absolute atomic E-state index is 14.0. The normalized spacial score (nSPS) is 17.5. The predicted molar refractivity (Wildman–Crippen MR) is 138 cm³/mol. The third-order valence-electron chi connectivity index (χ3n) is 7.07. The minimum Gasteiger partial charge on any atom is -0.493 e. The first-order valence-corrected chi connectivity index (χ1v) is 12.5. The fourth-order valence-electron chi connectivity index (χ4n) is 5.16. The van der Waals surface area contributed by atoms with Gasteiger partial charge in [0.2, 0.25) is 5.91 Å². The maximum Gasteiger partial charge on any atom is 0.240 e. The summed E-state index contributed by atoms with van der Waals surface area (Å²) in [7, 11) is 3.28. The van der Waals surface area contributed by atoms with Crippen LogP contribution in [-0.2, 0) is 37.3 Å². The van der Waals surface area contributed by atoms with E-state index in [4.69, 9.17) is 32.7 Å². The Balaban J connectivity index is 1.43. The van der Waals surface area contributed by atoms with Gasteiger partial charge in [0.15, 0.2) is 11.5 Å². The van der Waals surface area contributed by atoms with Gasteiger partial charge in [-0.1, -0.05) is 59.6 Å². The summed E-state index contributed by atoms with van der Waals surface area (Å²) >= 11 is 12.8. The lowest BCUT2D eigenvalue weighted by Crippen LogP contribution is -2.52. The molecule has 182 valence electrons. The lowest BCUT2D eigenvalue weighted by atomic mass is 9.91. The number of benzene rings is 3. The molecule has 2 aliphatic heterocycles. The van der Waals surface area contributed by atoms with Gasteiger partial charge in [-0.2, -0.15) is 0 Å². The second-order valence-electron chi connectivity index (χ2n) is 9.09. The molecule has 0 saturated heterocycles. The van der Waals surface area contributed by atoms with Crippen LogP contribution in [0.3, 0.4) is 0 Å². The zero-order valence-electron chi connectivity index (χ0n) is 19.9. The zero-order valence-corrected chi connectivity index (χ0v) is 21.4. The van der Waals surface area contributed by atoms with Gasteiger partial charge in [0.05, 0.1) is 30.3 Å². The lowest BCUT2D eigenvalue weighted by Gasteiger charge is -2.40. The molecular weight excluding hydrogens is 483 g/mol. The van der Waals surface area contributed by atoms with Crippen molar-refractivity contribution in [2.75, 3.05) is 20.8 Å². The van der Waals surface area contributed by atoms with Crippen LogP contribution in [-0.4, -0.2) is 42.5 Å². The number of carbonyl (C=O) groups is 1. The number of rotatable bonds is 5. The smallest absolute Gasteiger partial charge is 0.240 e. The molecule has 0 N–H and O–H groups in total. The largest absolute Gasteiger partial charge is 0.493 e. The second kappa shape index (κ2) is 10.1. The van der Waals surface area contributed by atoms with E-state index in [-0.39, 0.29) is 11.9 Å². The first-order valence-electron chi connectivity index (χ1n) is 11.7. The van der Waals surface area contributed by atoms with Gasteiger partial charge in [-0.15, -0.1) is 0 Å². The Hall–Kier alpha value is -2.73. The molecule has 5 rings (SSSR count). The number of nitrogens with zero attached hydrogens (tertiary/aromatic N) is 2. The number of halogens is 2. The molecular formula is C28H28Cl2N2O3. The van der Waals surface area contributed by atoms with E-state index in [0.29, 0.717) is 48.4 Å². The number of ether oxygens (including phenoxy) is 2. The first-order chi connectivity index (χ1) is 17.0. The molecule has 0 aromatic heterocycles. The van der Waals surface area contributed by atoms with Crippen molar-refractivity contribution in [3.63, 3.8) is 0 Å². The third kappa shape index (κ3) is 4.73. The third-order valence-corrected chi connectivity index (χ3v) is 7.92. The van der Waals surface area contributed by atoms with Gasteiger partial charge in [-0.3, -0.25) is 9.69 Å². The Kier molecular flexibility index (Phi) is 6.92. The molecule has 0 fully saturated rings. The summed E-state index contributed by atoms with van der Waals surface area (Å²) in [5.41, 5.74) is 5.70. The molecule has 2 aliphatic rings. The topological polar surface area (TPSA) is 42.0 Å². The second-order valence-corrected chi connectivity index (χ2v) is 9.88. The Labute approximate surface area is 216 Å². The Morgan fingerprint density at radius 1 is 0.914 bits per heavy atom. The molecule has 0 unspecified atom stereocenters. The SMILES string of the molecule is COc1cc2c(cc1OC)CN(C(=O)[C@@H]1Cc3ccccc3CN1Cc1cccc(Cl)c1Cl)CC2. The van der Waals surface area contributed by atoms with Crippen molar-refractivity contribution in [3.05, 3.63) is 92.5 Å². The predicted octanol–water partition coefficient (Wildman–Crippen LogP) is 5.52. The van der Waals surface area contributed by atoms with Crippen molar-refractivity contribution >= 4 is 29.1 Å². The average Bonchev–Trinajstić information content (AvgIpc) is 2.89. The van der Waals surface area contributed by atoms with E-state index in [9.17, 15) is 4.79 Å². The van der Waals surface area contributed by atoms with Gasteiger partial charge in [-0.25, -0.2) is 0 Å². The van der Waals surface area contributed by atoms with E-state index in [1.807, 2.05) is 35.2 Å². The highest BCUT2D eigenvalue weighted by atomic mass is 35.5. The van der Waals surface area contributed by atoms with E-state index in [1.54, 1.807) is 20.3 Å². The summed E-state index contributed by atoms with van der Waals surface area (Å²) in [4.78, 5) is 18.2. The van der Waals surface area contributed by atoms with Crippen molar-refractivity contribution < 1.29 is 14.3 Å². The highest BCUT2D eigenvalue weighted by Gasteiger charge is 2.35. The highest BCUT2D eigenvalue weighted by Crippen LogP contribution is 2.35. The Morgan fingerprint density at radius 2 is 1.63 bits per heavy atom. The van der Waals surface area contributed by atoms with Crippen LogP contribution in [0.15, 0.2) is 54.6 Å². The molecule has 1 amide bonds. The molecule has 1 atom stereocenters. The maximum atomic E-state index is 14.0. The van der Waals surface area contributed by atoms with Crippen LogP contribution in [0, 0.1) is 0 Å². The summed E-state index contributed by atoms with van der Waals surface area (Å²) in [6.07, 6.45) is 1.45. The van der Waals surface area contributed by atoms with E-state index in [0.717, 1.165) is 23.3 Å². The van der Waals surface area contributed by atoms with Gasteiger partial charge in [0.25, 0.3) is 0 Å². The lowest BCUT2D eigenvalue weighted by molar-refractivity contribution is -0.139. The van der Waals surface area contributed by atoms with E-state index >= 15 is 0 Å². The molecule has 0 radical (unpaired) electrons. The summed E-state index contributed by atoms with van der Waals surface area (Å²) < 4.78 is 11.0. The fraction of sp³-hybridized carbons (Fsp3) is 0.321. The monoisotopic (exact) mass is 510 g/mol. The summed E-state index contributed by atoms with van der Waals surface area (Å²) in [6, 6.07) is 17.8. The molecule has 0 spiro atoms. The van der Waals surface area contributed by atoms with Crippen LogP contribution < -0.4 is 9.47 Å². The van der Waals surface area contributed by atoms with Crippen LogP contribution in [0.2, 0.25) is 10.0 Å². The van der Waals surface area contributed by atoms with Gasteiger partial charge in [0, 0.05) is 26.2 Å². The standard InChI is InChI=1S/C28H28Cl2N2O3/c1-34-25-13-19-10-11-31(17-22(19)14-26(25)35-2)28(33)24-12-18-6-3-4-7-20(18)15-32(24)16-21-8-5-9-23(29)27(21)30/h3-9,13-14,24H,10-12,15-17H2,1-2H3/t24-/m0/s1. The summed E-state index contributed by atoms with van der Waals surface area (Å²) in [6.45, 7) is 2.47. The molecule has 2 heterocycles. The van der Waals surface area contributed by atoms with Crippen LogP contribution in [0.5, 0.6) is 11.5 Å². The summed E-state index contributed by atoms with van der Waals surface area (Å²) in [5, 5.41) is 1.08.